The Morgan fingerprint density at radius 2 is 1.89 bits per heavy atom. The molecule has 0 fully saturated rings. The maximum atomic E-state index is 11.8. The van der Waals surface area contributed by atoms with Crippen LogP contribution in [0.4, 0.5) is 0 Å². The lowest BCUT2D eigenvalue weighted by atomic mass is 10.2. The van der Waals surface area contributed by atoms with Gasteiger partial charge in [0.25, 0.3) is 10.0 Å². The largest absolute Gasteiger partial charge is 0.395 e. The molecule has 6 heteroatoms. The average Bonchev–Trinajstić information content (AvgIpc) is 2.28. The van der Waals surface area contributed by atoms with Crippen molar-refractivity contribution >= 4 is 10.0 Å². The number of rotatable bonds is 4. The number of aliphatic hydroxyl groups is 1. The van der Waals surface area contributed by atoms with Crippen LogP contribution in [-0.2, 0) is 10.0 Å². The van der Waals surface area contributed by atoms with E-state index in [1.165, 1.54) is 17.1 Å². The van der Waals surface area contributed by atoms with Gasteiger partial charge in [0.05, 0.1) is 11.5 Å². The summed E-state index contributed by atoms with van der Waals surface area (Å²) in [5.74, 6) is 5.60. The van der Waals surface area contributed by atoms with Crippen LogP contribution in [-0.4, -0.2) is 39.2 Å². The lowest BCUT2D eigenvalue weighted by Gasteiger charge is -2.12. The van der Waals surface area contributed by atoms with Crippen LogP contribution >= 0.6 is 0 Å². The first-order chi connectivity index (χ1) is 8.45. The van der Waals surface area contributed by atoms with Crippen molar-refractivity contribution in [3.05, 3.63) is 29.8 Å². The van der Waals surface area contributed by atoms with E-state index in [9.17, 15) is 8.42 Å². The van der Waals surface area contributed by atoms with Gasteiger partial charge in [-0.1, -0.05) is 11.8 Å². The average molecular weight is 268 g/mol. The van der Waals surface area contributed by atoms with Crippen LogP contribution in [0.25, 0.3) is 0 Å². The lowest BCUT2D eigenvalue weighted by molar-refractivity contribution is 0.305. The van der Waals surface area contributed by atoms with E-state index in [1.807, 2.05) is 0 Å². The van der Waals surface area contributed by atoms with E-state index in [4.69, 9.17) is 5.11 Å². The molecule has 1 aromatic carbocycles. The molecule has 1 aromatic rings. The van der Waals surface area contributed by atoms with Gasteiger partial charge in [-0.15, -0.1) is 4.83 Å². The third-order valence-corrected chi connectivity index (χ3v) is 3.44. The van der Waals surface area contributed by atoms with E-state index in [0.29, 0.717) is 12.0 Å². The van der Waals surface area contributed by atoms with E-state index in [-0.39, 0.29) is 11.5 Å². The highest BCUT2D eigenvalue weighted by Crippen LogP contribution is 2.09. The molecule has 0 radical (unpaired) electrons. The van der Waals surface area contributed by atoms with Gasteiger partial charge in [-0.2, -0.15) is 0 Å². The number of hydrogen-bond acceptors (Lipinski definition) is 4. The second kappa shape index (κ2) is 6.52. The smallest absolute Gasteiger partial charge is 0.253 e. The van der Waals surface area contributed by atoms with Crippen molar-refractivity contribution in [2.45, 2.75) is 11.3 Å². The number of hydrogen-bond donors (Lipinski definition) is 2. The molecule has 0 aliphatic rings. The van der Waals surface area contributed by atoms with Crippen molar-refractivity contribution in [3.63, 3.8) is 0 Å². The van der Waals surface area contributed by atoms with Crippen LogP contribution in [0.1, 0.15) is 12.0 Å². The summed E-state index contributed by atoms with van der Waals surface area (Å²) in [5, 5.41) is 9.95. The maximum absolute atomic E-state index is 11.8. The van der Waals surface area contributed by atoms with Crippen LogP contribution in [0.3, 0.4) is 0 Å². The van der Waals surface area contributed by atoms with Gasteiger partial charge in [0, 0.05) is 26.1 Å². The number of aliphatic hydroxyl groups excluding tert-OH is 1. The van der Waals surface area contributed by atoms with Gasteiger partial charge in [-0.25, -0.2) is 13.4 Å². The lowest BCUT2D eigenvalue weighted by Crippen LogP contribution is -2.36. The Hall–Kier alpha value is -1.39. The van der Waals surface area contributed by atoms with Gasteiger partial charge in [0.1, 0.15) is 0 Å². The molecule has 0 saturated heterocycles. The molecular formula is C12H16N2O3S. The predicted molar refractivity (Wildman–Crippen MR) is 69.0 cm³/mol. The fourth-order valence-corrected chi connectivity index (χ4v) is 2.31. The molecule has 0 aromatic heterocycles. The van der Waals surface area contributed by atoms with Gasteiger partial charge < -0.3 is 5.11 Å². The van der Waals surface area contributed by atoms with Crippen LogP contribution in [0.5, 0.6) is 0 Å². The van der Waals surface area contributed by atoms with Crippen LogP contribution in [0.15, 0.2) is 29.2 Å². The number of sulfonamides is 1. The Balaban J connectivity index is 2.87. The van der Waals surface area contributed by atoms with Gasteiger partial charge >= 0.3 is 0 Å². The molecule has 2 N–H and O–H groups in total. The first-order valence-electron chi connectivity index (χ1n) is 5.35. The molecule has 0 spiro atoms. The van der Waals surface area contributed by atoms with E-state index >= 15 is 0 Å². The van der Waals surface area contributed by atoms with Crippen molar-refractivity contribution in [3.8, 4) is 11.8 Å². The Kier molecular flexibility index (Phi) is 5.31. The molecule has 0 unspecified atom stereocenters. The zero-order valence-electron chi connectivity index (χ0n) is 10.3. The van der Waals surface area contributed by atoms with E-state index in [1.54, 1.807) is 26.2 Å². The van der Waals surface area contributed by atoms with E-state index in [0.717, 1.165) is 0 Å². The second-order valence-corrected chi connectivity index (χ2v) is 5.45. The summed E-state index contributed by atoms with van der Waals surface area (Å²) < 4.78 is 23.6. The van der Waals surface area contributed by atoms with Crippen LogP contribution < -0.4 is 4.83 Å². The van der Waals surface area contributed by atoms with Crippen molar-refractivity contribution in [1.82, 2.24) is 9.84 Å². The molecule has 0 heterocycles. The number of nitrogens with zero attached hydrogens (tertiary/aromatic N) is 1. The van der Waals surface area contributed by atoms with Crippen molar-refractivity contribution in [2.24, 2.45) is 0 Å². The van der Waals surface area contributed by atoms with E-state index in [2.05, 4.69) is 16.7 Å². The third-order valence-electron chi connectivity index (χ3n) is 1.94. The topological polar surface area (TPSA) is 69.6 Å². The minimum Gasteiger partial charge on any atom is -0.395 e. The number of benzene rings is 1. The minimum atomic E-state index is -3.51. The Morgan fingerprint density at radius 3 is 2.39 bits per heavy atom. The highest BCUT2D eigenvalue weighted by atomic mass is 32.2. The normalized spacial score (nSPS) is 11.1. The molecule has 0 bridgehead atoms. The van der Waals surface area contributed by atoms with Gasteiger partial charge in [0.15, 0.2) is 0 Å². The van der Waals surface area contributed by atoms with Crippen LogP contribution in [0.2, 0.25) is 0 Å². The first-order valence-corrected chi connectivity index (χ1v) is 6.83. The summed E-state index contributed by atoms with van der Waals surface area (Å²) in [5.41, 5.74) is 0.715. The molecule has 1 rings (SSSR count). The molecule has 5 nitrogen and oxygen atoms in total. The minimum absolute atomic E-state index is 0.0201. The van der Waals surface area contributed by atoms with Crippen molar-refractivity contribution in [2.75, 3.05) is 20.7 Å². The molecule has 0 amide bonds. The number of nitrogens with one attached hydrogen (secondary N) is 1. The Labute approximate surface area is 107 Å². The third kappa shape index (κ3) is 4.47. The number of hydrazine groups is 1. The highest BCUT2D eigenvalue weighted by Gasteiger charge is 2.13. The quantitative estimate of drug-likeness (QED) is 0.603. The molecule has 0 saturated carbocycles. The predicted octanol–water partition coefficient (Wildman–Crippen LogP) is 0.175. The zero-order chi connectivity index (χ0) is 13.6. The molecule has 18 heavy (non-hydrogen) atoms. The van der Waals surface area contributed by atoms with Crippen LogP contribution in [0, 0.1) is 11.8 Å². The monoisotopic (exact) mass is 268 g/mol. The van der Waals surface area contributed by atoms with Crippen molar-refractivity contribution in [1.29, 1.82) is 0 Å². The van der Waals surface area contributed by atoms with Gasteiger partial charge in [-0.3, -0.25) is 0 Å². The molecule has 0 aliphatic heterocycles. The second-order valence-electron chi connectivity index (χ2n) is 3.79. The van der Waals surface area contributed by atoms with Crippen molar-refractivity contribution < 1.29 is 13.5 Å². The molecule has 0 atom stereocenters. The first kappa shape index (κ1) is 14.7. The summed E-state index contributed by atoms with van der Waals surface area (Å²) in [7, 11) is -0.307. The fourth-order valence-electron chi connectivity index (χ4n) is 1.23. The summed E-state index contributed by atoms with van der Waals surface area (Å²) in [6, 6.07) is 6.26. The van der Waals surface area contributed by atoms with E-state index < -0.39 is 10.0 Å². The summed E-state index contributed by atoms with van der Waals surface area (Å²) in [6.07, 6.45) is 0.405. The summed E-state index contributed by atoms with van der Waals surface area (Å²) in [4.78, 5) is 2.53. The molecule has 98 valence electrons. The Morgan fingerprint density at radius 1 is 1.28 bits per heavy atom. The fraction of sp³-hybridized carbons (Fsp3) is 0.333. The highest BCUT2D eigenvalue weighted by molar-refractivity contribution is 7.89. The van der Waals surface area contributed by atoms with Gasteiger partial charge in [0.2, 0.25) is 0 Å². The van der Waals surface area contributed by atoms with Gasteiger partial charge in [-0.05, 0) is 24.3 Å². The SMILES string of the molecule is CN(C)NS(=O)(=O)c1ccc(C#CCCO)cc1. The zero-order valence-corrected chi connectivity index (χ0v) is 11.2. The standard InChI is InChI=1S/C12H16N2O3S/c1-14(2)13-18(16,17)12-8-6-11(7-9-12)5-3-4-10-15/h6-9,13,15H,4,10H2,1-2H3. The summed E-state index contributed by atoms with van der Waals surface area (Å²) in [6.45, 7) is 0.0201. The molecular weight excluding hydrogens is 252 g/mol. The maximum Gasteiger partial charge on any atom is 0.253 e. The summed E-state index contributed by atoms with van der Waals surface area (Å²) >= 11 is 0. The Bertz CT molecular complexity index is 539. The molecule has 0 aliphatic carbocycles.